The molecule has 0 saturated carbocycles. The minimum absolute atomic E-state index is 0.121. The van der Waals surface area contributed by atoms with Crippen LogP contribution in [0.15, 0.2) is 24.5 Å². The van der Waals surface area contributed by atoms with Gasteiger partial charge in [0.25, 0.3) is 0 Å². The number of carboxylic acid groups (broad SMARTS) is 1. The molecule has 0 unspecified atom stereocenters. The van der Waals surface area contributed by atoms with Crippen LogP contribution in [0.4, 0.5) is 0 Å². The second-order valence-electron chi connectivity index (χ2n) is 5.71. The maximum Gasteiger partial charge on any atom is 0.347 e. The van der Waals surface area contributed by atoms with Crippen LogP contribution in [0, 0.1) is 0 Å². The number of aryl methyl sites for hydroxylation is 2. The highest BCUT2D eigenvalue weighted by Crippen LogP contribution is 2.30. The highest BCUT2D eigenvalue weighted by molar-refractivity contribution is 7.13. The van der Waals surface area contributed by atoms with E-state index >= 15 is 0 Å². The Balaban J connectivity index is 2.22. The molecule has 0 amide bonds. The zero-order valence-corrected chi connectivity index (χ0v) is 12.7. The molecule has 4 nitrogen and oxygen atoms in total. The van der Waals surface area contributed by atoms with Crippen molar-refractivity contribution in [3.63, 3.8) is 0 Å². The molecular weight excluding hydrogens is 272 g/mol. The highest BCUT2D eigenvalue weighted by atomic mass is 32.1. The number of nitrogens with zero attached hydrogens (tertiary/aromatic N) is 2. The second kappa shape index (κ2) is 5.71. The van der Waals surface area contributed by atoms with Gasteiger partial charge in [-0.05, 0) is 30.5 Å². The van der Waals surface area contributed by atoms with Gasteiger partial charge in [-0.2, -0.15) is 0 Å². The number of aromatic carboxylic acids is 1. The van der Waals surface area contributed by atoms with E-state index in [0.29, 0.717) is 17.0 Å². The topological polar surface area (TPSA) is 63.1 Å². The Hall–Kier alpha value is -1.75. The van der Waals surface area contributed by atoms with Crippen molar-refractivity contribution in [2.45, 2.75) is 39.0 Å². The third-order valence-electron chi connectivity index (χ3n) is 2.93. The number of hydrogen-bond acceptors (Lipinski definition) is 4. The van der Waals surface area contributed by atoms with Crippen molar-refractivity contribution in [3.05, 3.63) is 45.7 Å². The average Bonchev–Trinajstić information content (AvgIpc) is 2.82. The molecule has 2 aromatic rings. The summed E-state index contributed by atoms with van der Waals surface area (Å²) in [5.41, 5.74) is 1.70. The zero-order valence-electron chi connectivity index (χ0n) is 11.9. The summed E-state index contributed by atoms with van der Waals surface area (Å²) in [5, 5.41) is 10.2. The molecule has 2 heterocycles. The number of hydrogen-bond donors (Lipinski definition) is 1. The molecule has 0 aliphatic heterocycles. The number of rotatable bonds is 4. The Morgan fingerprint density at radius 1 is 1.25 bits per heavy atom. The predicted octanol–water partition coefficient (Wildman–Crippen LogP) is 3.32. The first kappa shape index (κ1) is 14.7. The summed E-state index contributed by atoms with van der Waals surface area (Å²) in [4.78, 5) is 20.2. The molecule has 0 fully saturated rings. The van der Waals surface area contributed by atoms with Crippen LogP contribution in [0.3, 0.4) is 0 Å². The fraction of sp³-hybridized carbons (Fsp3) is 0.400. The number of thiazole rings is 1. The predicted molar refractivity (Wildman–Crippen MR) is 79.4 cm³/mol. The molecule has 0 bridgehead atoms. The Morgan fingerprint density at radius 3 is 2.45 bits per heavy atom. The molecule has 0 atom stereocenters. The van der Waals surface area contributed by atoms with E-state index in [1.54, 1.807) is 12.4 Å². The number of carbonyl (C=O) groups is 1. The summed E-state index contributed by atoms with van der Waals surface area (Å²) in [6.45, 7) is 6.14. The molecule has 5 heteroatoms. The first-order chi connectivity index (χ1) is 9.38. The van der Waals surface area contributed by atoms with Crippen LogP contribution < -0.4 is 0 Å². The third-order valence-corrected chi connectivity index (χ3v) is 4.44. The summed E-state index contributed by atoms with van der Waals surface area (Å²) in [6.07, 6.45) is 4.90. The smallest absolute Gasteiger partial charge is 0.347 e. The van der Waals surface area contributed by atoms with Crippen molar-refractivity contribution in [3.8, 4) is 0 Å². The van der Waals surface area contributed by atoms with Crippen molar-refractivity contribution in [1.82, 2.24) is 9.97 Å². The highest BCUT2D eigenvalue weighted by Gasteiger charge is 2.24. The van der Waals surface area contributed by atoms with Gasteiger partial charge in [0.2, 0.25) is 0 Å². The van der Waals surface area contributed by atoms with Crippen LogP contribution in [0.2, 0.25) is 0 Å². The molecule has 2 rings (SSSR count). The van der Waals surface area contributed by atoms with Crippen molar-refractivity contribution in [1.29, 1.82) is 0 Å². The number of carboxylic acids is 1. The lowest BCUT2D eigenvalue weighted by atomic mass is 9.98. The van der Waals surface area contributed by atoms with Crippen LogP contribution in [-0.2, 0) is 18.3 Å². The SMILES string of the molecule is CC(C)(C)c1nc(CCc2ccncc2)c(C(=O)O)s1. The molecular formula is C15H18N2O2S. The van der Waals surface area contributed by atoms with E-state index in [2.05, 4.69) is 9.97 Å². The van der Waals surface area contributed by atoms with Crippen molar-refractivity contribution in [2.75, 3.05) is 0 Å². The number of pyridine rings is 1. The lowest BCUT2D eigenvalue weighted by molar-refractivity contribution is 0.0700. The molecule has 0 aliphatic rings. The normalized spacial score (nSPS) is 11.6. The van der Waals surface area contributed by atoms with E-state index < -0.39 is 5.97 Å². The summed E-state index contributed by atoms with van der Waals surface area (Å²) in [5.74, 6) is -0.886. The molecule has 20 heavy (non-hydrogen) atoms. The quantitative estimate of drug-likeness (QED) is 0.938. The van der Waals surface area contributed by atoms with E-state index in [1.807, 2.05) is 32.9 Å². The van der Waals surface area contributed by atoms with Gasteiger partial charge in [-0.3, -0.25) is 4.98 Å². The van der Waals surface area contributed by atoms with Gasteiger partial charge < -0.3 is 5.11 Å². The van der Waals surface area contributed by atoms with Crippen LogP contribution >= 0.6 is 11.3 Å². The van der Waals surface area contributed by atoms with Gasteiger partial charge in [-0.15, -0.1) is 11.3 Å². The van der Waals surface area contributed by atoms with E-state index in [0.717, 1.165) is 17.0 Å². The van der Waals surface area contributed by atoms with Gasteiger partial charge >= 0.3 is 5.97 Å². The molecule has 2 aromatic heterocycles. The van der Waals surface area contributed by atoms with Gasteiger partial charge in [-0.25, -0.2) is 9.78 Å². The lowest BCUT2D eigenvalue weighted by Gasteiger charge is -2.13. The fourth-order valence-corrected chi connectivity index (χ4v) is 2.83. The van der Waals surface area contributed by atoms with Crippen LogP contribution in [0.5, 0.6) is 0 Å². The van der Waals surface area contributed by atoms with E-state index in [-0.39, 0.29) is 5.41 Å². The maximum atomic E-state index is 11.3. The van der Waals surface area contributed by atoms with Gasteiger partial charge in [0.05, 0.1) is 10.7 Å². The molecule has 106 valence electrons. The Morgan fingerprint density at radius 2 is 1.90 bits per heavy atom. The van der Waals surface area contributed by atoms with Crippen LogP contribution in [-0.4, -0.2) is 21.0 Å². The first-order valence-corrected chi connectivity index (χ1v) is 7.32. The van der Waals surface area contributed by atoms with Gasteiger partial charge in [0.1, 0.15) is 4.88 Å². The minimum Gasteiger partial charge on any atom is -0.477 e. The summed E-state index contributed by atoms with van der Waals surface area (Å²) >= 11 is 1.29. The van der Waals surface area contributed by atoms with Gasteiger partial charge in [0, 0.05) is 17.8 Å². The summed E-state index contributed by atoms with van der Waals surface area (Å²) < 4.78 is 0. The average molecular weight is 290 g/mol. The Kier molecular flexibility index (Phi) is 4.18. The van der Waals surface area contributed by atoms with Crippen LogP contribution in [0.25, 0.3) is 0 Å². The van der Waals surface area contributed by atoms with E-state index in [1.165, 1.54) is 11.3 Å². The maximum absolute atomic E-state index is 11.3. The third kappa shape index (κ3) is 3.42. The van der Waals surface area contributed by atoms with Crippen molar-refractivity contribution >= 4 is 17.3 Å². The molecule has 0 radical (unpaired) electrons. The van der Waals surface area contributed by atoms with Crippen molar-refractivity contribution in [2.24, 2.45) is 0 Å². The van der Waals surface area contributed by atoms with Crippen LogP contribution in [0.1, 0.15) is 46.7 Å². The fourth-order valence-electron chi connectivity index (χ4n) is 1.82. The van der Waals surface area contributed by atoms with E-state index in [4.69, 9.17) is 0 Å². The van der Waals surface area contributed by atoms with E-state index in [9.17, 15) is 9.90 Å². The standard InChI is InChI=1S/C15H18N2O2S/c1-15(2,3)14-17-11(12(20-14)13(18)19)5-4-10-6-8-16-9-7-10/h6-9H,4-5H2,1-3H3,(H,18,19). The van der Waals surface area contributed by atoms with Gasteiger partial charge in [0.15, 0.2) is 0 Å². The minimum atomic E-state index is -0.886. The lowest BCUT2D eigenvalue weighted by Crippen LogP contribution is -2.10. The van der Waals surface area contributed by atoms with Gasteiger partial charge in [-0.1, -0.05) is 20.8 Å². The molecule has 0 spiro atoms. The largest absolute Gasteiger partial charge is 0.477 e. The second-order valence-corrected chi connectivity index (χ2v) is 6.70. The zero-order chi connectivity index (χ0) is 14.8. The molecule has 0 aromatic carbocycles. The summed E-state index contributed by atoms with van der Waals surface area (Å²) in [6, 6.07) is 3.88. The molecule has 0 saturated heterocycles. The Bertz CT molecular complexity index is 600. The van der Waals surface area contributed by atoms with Crippen molar-refractivity contribution < 1.29 is 9.90 Å². The Labute approximate surface area is 122 Å². The first-order valence-electron chi connectivity index (χ1n) is 6.50. The molecule has 1 N–H and O–H groups in total. The summed E-state index contributed by atoms with van der Waals surface area (Å²) in [7, 11) is 0. The number of aromatic nitrogens is 2. The molecule has 0 aliphatic carbocycles. The monoisotopic (exact) mass is 290 g/mol.